The van der Waals surface area contributed by atoms with E-state index in [1.807, 2.05) is 24.3 Å². The van der Waals surface area contributed by atoms with E-state index in [4.69, 9.17) is 10.5 Å². The summed E-state index contributed by atoms with van der Waals surface area (Å²) in [6.45, 7) is 0. The lowest BCUT2D eigenvalue weighted by Gasteiger charge is -2.17. The molecule has 2 atom stereocenters. The summed E-state index contributed by atoms with van der Waals surface area (Å²) in [5.41, 5.74) is 7.45. The second-order valence-corrected chi connectivity index (χ2v) is 5.88. The minimum Gasteiger partial charge on any atom is -0.468 e. The van der Waals surface area contributed by atoms with Crippen LogP contribution in [0.15, 0.2) is 30.5 Å². The van der Waals surface area contributed by atoms with Gasteiger partial charge in [0.15, 0.2) is 0 Å². The van der Waals surface area contributed by atoms with Crippen molar-refractivity contribution in [2.45, 2.75) is 31.3 Å². The molecule has 8 nitrogen and oxygen atoms in total. The summed E-state index contributed by atoms with van der Waals surface area (Å²) in [6.07, 6.45) is 2.21. The average Bonchev–Trinajstić information content (AvgIpc) is 3.07. The second kappa shape index (κ2) is 10.5. The molecular weight excluding hydrogens is 374 g/mol. The van der Waals surface area contributed by atoms with Gasteiger partial charge >= 0.3 is 11.9 Å². The fourth-order valence-electron chi connectivity index (χ4n) is 2.68. The van der Waals surface area contributed by atoms with Crippen LogP contribution in [-0.4, -0.2) is 49.1 Å². The third kappa shape index (κ3) is 5.97. The number of hydrogen-bond donors (Lipinski definition) is 3. The van der Waals surface area contributed by atoms with Crippen LogP contribution in [0.5, 0.6) is 0 Å². The average molecular weight is 398 g/mol. The Balaban J connectivity index is 0.00000364. The number of para-hydroxylation sites is 1. The summed E-state index contributed by atoms with van der Waals surface area (Å²) in [4.78, 5) is 38.6. The van der Waals surface area contributed by atoms with E-state index >= 15 is 0 Å². The molecule has 0 fully saturated rings. The van der Waals surface area contributed by atoms with Crippen LogP contribution in [-0.2, 0) is 30.3 Å². The Hall–Kier alpha value is -2.58. The van der Waals surface area contributed by atoms with Crippen molar-refractivity contribution in [2.24, 2.45) is 5.73 Å². The minimum absolute atomic E-state index is 0. The first-order chi connectivity index (χ1) is 12.5. The van der Waals surface area contributed by atoms with Gasteiger partial charge in [-0.15, -0.1) is 12.4 Å². The SMILES string of the molecule is COC(=O)C(Cc1c[nH]c2ccccc12)NC(=O)CC[C@@H](N)C(=O)OC.Cl. The summed E-state index contributed by atoms with van der Waals surface area (Å²) in [6, 6.07) is 5.97. The molecule has 2 aromatic rings. The zero-order chi connectivity index (χ0) is 19.1. The Kier molecular flexibility index (Phi) is 8.77. The van der Waals surface area contributed by atoms with E-state index in [0.29, 0.717) is 0 Å². The van der Waals surface area contributed by atoms with E-state index in [0.717, 1.165) is 16.5 Å². The number of fused-ring (bicyclic) bond motifs is 1. The number of nitrogens with two attached hydrogens (primary N) is 1. The largest absolute Gasteiger partial charge is 0.468 e. The van der Waals surface area contributed by atoms with Gasteiger partial charge in [0.25, 0.3) is 0 Å². The minimum atomic E-state index is -0.879. The number of rotatable bonds is 8. The summed E-state index contributed by atoms with van der Waals surface area (Å²) >= 11 is 0. The number of carbonyl (C=O) groups excluding carboxylic acids is 3. The molecule has 1 unspecified atom stereocenters. The number of methoxy groups -OCH3 is 2. The van der Waals surface area contributed by atoms with Crippen LogP contribution >= 0.6 is 12.4 Å². The van der Waals surface area contributed by atoms with Crippen molar-refractivity contribution >= 4 is 41.2 Å². The van der Waals surface area contributed by atoms with Gasteiger partial charge in [0.1, 0.15) is 12.1 Å². The summed E-state index contributed by atoms with van der Waals surface area (Å²) in [5, 5.41) is 3.62. The standard InChI is InChI=1S/C18H23N3O5.ClH/c1-25-17(23)13(19)7-8-16(22)21-15(18(24)26-2)9-11-10-20-14-6-4-3-5-12(11)14;/h3-6,10,13,15,20H,7-9,19H2,1-2H3,(H,21,22);1H/t13-,15?;/m1./s1. The van der Waals surface area contributed by atoms with Gasteiger partial charge in [-0.05, 0) is 18.1 Å². The third-order valence-corrected chi connectivity index (χ3v) is 4.11. The van der Waals surface area contributed by atoms with Crippen molar-refractivity contribution in [1.29, 1.82) is 0 Å². The normalized spacial score (nSPS) is 12.6. The summed E-state index contributed by atoms with van der Waals surface area (Å²) in [7, 11) is 2.50. The molecule has 1 aromatic heterocycles. The number of aromatic nitrogens is 1. The van der Waals surface area contributed by atoms with Crippen molar-refractivity contribution < 1.29 is 23.9 Å². The molecule has 0 aliphatic heterocycles. The molecule has 0 saturated carbocycles. The molecular formula is C18H24ClN3O5. The first-order valence-corrected chi connectivity index (χ1v) is 8.21. The molecule has 0 bridgehead atoms. The van der Waals surface area contributed by atoms with E-state index < -0.39 is 24.0 Å². The number of esters is 2. The molecule has 2 rings (SSSR count). The number of ether oxygens (including phenoxy) is 2. The van der Waals surface area contributed by atoms with Crippen molar-refractivity contribution in [2.75, 3.05) is 14.2 Å². The molecule has 0 aliphatic rings. The molecule has 0 radical (unpaired) electrons. The van der Waals surface area contributed by atoms with Crippen LogP contribution in [0.3, 0.4) is 0 Å². The van der Waals surface area contributed by atoms with Gasteiger partial charge in [-0.3, -0.25) is 9.59 Å². The van der Waals surface area contributed by atoms with Crippen LogP contribution in [0.25, 0.3) is 10.9 Å². The maximum atomic E-state index is 12.1. The number of benzene rings is 1. The number of H-pyrrole nitrogens is 1. The molecule has 4 N–H and O–H groups in total. The monoisotopic (exact) mass is 397 g/mol. The van der Waals surface area contributed by atoms with Crippen LogP contribution in [0.4, 0.5) is 0 Å². The zero-order valence-corrected chi connectivity index (χ0v) is 16.0. The van der Waals surface area contributed by atoms with Crippen LogP contribution in [0.2, 0.25) is 0 Å². The van der Waals surface area contributed by atoms with Gasteiger partial charge in [0, 0.05) is 29.9 Å². The van der Waals surface area contributed by atoms with Crippen molar-refractivity contribution in [3.63, 3.8) is 0 Å². The predicted octanol–water partition coefficient (Wildman–Crippen LogP) is 1.07. The van der Waals surface area contributed by atoms with Gasteiger partial charge in [-0.2, -0.15) is 0 Å². The highest BCUT2D eigenvalue weighted by atomic mass is 35.5. The Labute approximate surface area is 163 Å². The summed E-state index contributed by atoms with van der Waals surface area (Å²) < 4.78 is 9.31. The lowest BCUT2D eigenvalue weighted by Crippen LogP contribution is -2.43. The number of aromatic amines is 1. The number of carbonyl (C=O) groups is 3. The quantitative estimate of drug-likeness (QED) is 0.572. The fraction of sp³-hybridized carbons (Fsp3) is 0.389. The smallest absolute Gasteiger partial charge is 0.328 e. The van der Waals surface area contributed by atoms with E-state index in [2.05, 4.69) is 15.0 Å². The van der Waals surface area contributed by atoms with Gasteiger partial charge in [0.05, 0.1) is 14.2 Å². The molecule has 1 aromatic carbocycles. The molecule has 0 spiro atoms. The maximum absolute atomic E-state index is 12.1. The van der Waals surface area contributed by atoms with E-state index in [-0.39, 0.29) is 37.6 Å². The molecule has 0 saturated heterocycles. The van der Waals surface area contributed by atoms with Crippen LogP contribution in [0, 0.1) is 0 Å². The van der Waals surface area contributed by atoms with Gasteiger partial charge in [0.2, 0.25) is 5.91 Å². The Morgan fingerprint density at radius 2 is 1.81 bits per heavy atom. The molecule has 148 valence electrons. The lowest BCUT2D eigenvalue weighted by molar-refractivity contribution is -0.145. The zero-order valence-electron chi connectivity index (χ0n) is 15.2. The highest BCUT2D eigenvalue weighted by Gasteiger charge is 2.24. The van der Waals surface area contributed by atoms with Crippen molar-refractivity contribution in [1.82, 2.24) is 10.3 Å². The van der Waals surface area contributed by atoms with E-state index in [9.17, 15) is 14.4 Å². The van der Waals surface area contributed by atoms with Gasteiger partial charge < -0.3 is 25.5 Å². The molecule has 1 heterocycles. The predicted molar refractivity (Wildman–Crippen MR) is 102 cm³/mol. The number of halogens is 1. The number of amides is 1. The highest BCUT2D eigenvalue weighted by molar-refractivity contribution is 5.87. The number of hydrogen-bond acceptors (Lipinski definition) is 6. The molecule has 1 amide bonds. The fourth-order valence-corrected chi connectivity index (χ4v) is 2.68. The Morgan fingerprint density at radius 1 is 1.15 bits per heavy atom. The Bertz CT molecular complexity index is 792. The van der Waals surface area contributed by atoms with Crippen molar-refractivity contribution in [3.8, 4) is 0 Å². The third-order valence-electron chi connectivity index (χ3n) is 4.11. The van der Waals surface area contributed by atoms with Crippen LogP contribution < -0.4 is 11.1 Å². The summed E-state index contributed by atoms with van der Waals surface area (Å²) in [5.74, 6) is -1.51. The maximum Gasteiger partial charge on any atom is 0.328 e. The lowest BCUT2D eigenvalue weighted by atomic mass is 10.0. The van der Waals surface area contributed by atoms with E-state index in [1.54, 1.807) is 6.20 Å². The highest BCUT2D eigenvalue weighted by Crippen LogP contribution is 2.19. The molecule has 9 heteroatoms. The molecule has 0 aliphatic carbocycles. The Morgan fingerprint density at radius 3 is 2.48 bits per heavy atom. The topological polar surface area (TPSA) is 124 Å². The van der Waals surface area contributed by atoms with Gasteiger partial charge in [-0.25, -0.2) is 4.79 Å². The van der Waals surface area contributed by atoms with Gasteiger partial charge in [-0.1, -0.05) is 18.2 Å². The molecule has 27 heavy (non-hydrogen) atoms. The van der Waals surface area contributed by atoms with Crippen LogP contribution in [0.1, 0.15) is 18.4 Å². The second-order valence-electron chi connectivity index (χ2n) is 5.88. The first-order valence-electron chi connectivity index (χ1n) is 8.21. The first kappa shape index (κ1) is 22.5. The van der Waals surface area contributed by atoms with E-state index in [1.165, 1.54) is 14.2 Å². The van der Waals surface area contributed by atoms with Crippen molar-refractivity contribution in [3.05, 3.63) is 36.0 Å². The number of nitrogens with one attached hydrogen (secondary N) is 2.